The second-order valence-corrected chi connectivity index (χ2v) is 7.50. The molecule has 0 bridgehead atoms. The van der Waals surface area contributed by atoms with Crippen LogP contribution in [0, 0.1) is 12.8 Å². The maximum absolute atomic E-state index is 12.8. The molecule has 1 fully saturated rings. The number of aryl methyl sites for hydroxylation is 1. The summed E-state index contributed by atoms with van der Waals surface area (Å²) >= 11 is 0. The first kappa shape index (κ1) is 18.4. The molecule has 0 radical (unpaired) electrons. The van der Waals surface area contributed by atoms with Crippen molar-refractivity contribution in [3.63, 3.8) is 0 Å². The molecule has 2 aromatic heterocycles. The Morgan fingerprint density at radius 2 is 2.11 bits per heavy atom. The van der Waals surface area contributed by atoms with Gasteiger partial charge in [-0.05, 0) is 37.7 Å². The van der Waals surface area contributed by atoms with Crippen LogP contribution in [0.2, 0.25) is 0 Å². The molecule has 0 aliphatic heterocycles. The first-order valence-electron chi connectivity index (χ1n) is 9.50. The first-order valence-corrected chi connectivity index (χ1v) is 9.50. The van der Waals surface area contributed by atoms with Crippen LogP contribution in [0.15, 0.2) is 47.1 Å². The average molecular weight is 380 g/mol. The molecule has 1 aliphatic rings. The van der Waals surface area contributed by atoms with E-state index in [-0.39, 0.29) is 29.7 Å². The van der Waals surface area contributed by atoms with Crippen LogP contribution in [-0.2, 0) is 13.5 Å². The summed E-state index contributed by atoms with van der Waals surface area (Å²) in [6.45, 7) is 1.93. The number of nitrogens with zero attached hydrogens (tertiary/aromatic N) is 3. The van der Waals surface area contributed by atoms with Gasteiger partial charge in [-0.1, -0.05) is 35.5 Å². The fraction of sp³-hybridized carbons (Fsp3) is 0.381. The molecule has 1 aliphatic carbocycles. The largest absolute Gasteiger partial charge is 0.393 e. The maximum atomic E-state index is 12.8. The van der Waals surface area contributed by atoms with Gasteiger partial charge in [0, 0.05) is 24.8 Å². The van der Waals surface area contributed by atoms with Gasteiger partial charge in [-0.2, -0.15) is 5.10 Å². The van der Waals surface area contributed by atoms with Crippen LogP contribution in [0.4, 0.5) is 0 Å². The van der Waals surface area contributed by atoms with Crippen molar-refractivity contribution in [1.29, 1.82) is 0 Å². The lowest BCUT2D eigenvalue weighted by Gasteiger charge is -2.38. The van der Waals surface area contributed by atoms with Crippen molar-refractivity contribution >= 4 is 5.91 Å². The zero-order chi connectivity index (χ0) is 19.7. The average Bonchev–Trinajstić information content (AvgIpc) is 3.27. The summed E-state index contributed by atoms with van der Waals surface area (Å²) in [5.74, 6) is 0.513. The van der Waals surface area contributed by atoms with Crippen LogP contribution < -0.4 is 5.32 Å². The predicted octanol–water partition coefficient (Wildman–Crippen LogP) is 2.50. The third-order valence-electron chi connectivity index (χ3n) is 5.58. The number of carbonyl (C=O) groups excluding carboxylic acids is 1. The number of amides is 1. The van der Waals surface area contributed by atoms with Gasteiger partial charge < -0.3 is 14.9 Å². The van der Waals surface area contributed by atoms with Crippen molar-refractivity contribution < 1.29 is 14.4 Å². The molecule has 2 N–H and O–H groups in total. The third kappa shape index (κ3) is 3.71. The van der Waals surface area contributed by atoms with Crippen LogP contribution >= 0.6 is 0 Å². The van der Waals surface area contributed by atoms with Crippen LogP contribution in [0.3, 0.4) is 0 Å². The third-order valence-corrected chi connectivity index (χ3v) is 5.58. The van der Waals surface area contributed by atoms with Gasteiger partial charge in [0.15, 0.2) is 11.5 Å². The molecule has 1 aromatic carbocycles. The van der Waals surface area contributed by atoms with Crippen molar-refractivity contribution in [3.05, 3.63) is 59.5 Å². The molecule has 7 nitrogen and oxygen atoms in total. The Morgan fingerprint density at radius 3 is 2.75 bits per heavy atom. The van der Waals surface area contributed by atoms with E-state index in [0.29, 0.717) is 18.6 Å². The smallest absolute Gasteiger partial charge is 0.273 e. The maximum Gasteiger partial charge on any atom is 0.273 e. The molecule has 0 saturated heterocycles. The van der Waals surface area contributed by atoms with Crippen LogP contribution in [0.25, 0.3) is 11.3 Å². The lowest BCUT2D eigenvalue weighted by atomic mass is 9.75. The molecule has 4 rings (SSSR count). The number of hydrogen-bond acceptors (Lipinski definition) is 5. The van der Waals surface area contributed by atoms with Gasteiger partial charge in [0.05, 0.1) is 17.9 Å². The Kier molecular flexibility index (Phi) is 5.00. The number of aliphatic hydroxyl groups excluding tert-OH is 1. The van der Waals surface area contributed by atoms with E-state index in [1.165, 1.54) is 0 Å². The van der Waals surface area contributed by atoms with Gasteiger partial charge in [0.2, 0.25) is 0 Å². The molecular formula is C21H24N4O3. The minimum atomic E-state index is -0.271. The van der Waals surface area contributed by atoms with Crippen molar-refractivity contribution in [1.82, 2.24) is 20.3 Å². The molecular weight excluding hydrogens is 356 g/mol. The zero-order valence-electron chi connectivity index (χ0n) is 16.0. The van der Waals surface area contributed by atoms with Crippen molar-refractivity contribution in [2.75, 3.05) is 0 Å². The zero-order valence-corrected chi connectivity index (χ0v) is 16.0. The summed E-state index contributed by atoms with van der Waals surface area (Å²) < 4.78 is 7.12. The number of nitrogens with one attached hydrogen (secondary N) is 1. The highest BCUT2D eigenvalue weighted by Crippen LogP contribution is 2.32. The standard InChI is InChI=1S/C21H24N4O3/c1-13-17(12-22-25(13)2)20-11-19(24-28-20)21(27)23-18(15-9-16(26)10-15)8-14-6-4-3-5-7-14/h3-7,11-12,15-16,18,26H,8-10H2,1-2H3,(H,23,27)/t15?,16?,18-/m0/s1. The molecule has 146 valence electrons. The molecule has 0 unspecified atom stereocenters. The van der Waals surface area contributed by atoms with Crippen LogP contribution in [0.5, 0.6) is 0 Å². The van der Waals surface area contributed by atoms with E-state index in [9.17, 15) is 9.90 Å². The van der Waals surface area contributed by atoms with Gasteiger partial charge in [-0.15, -0.1) is 0 Å². The minimum absolute atomic E-state index is 0.0569. The van der Waals surface area contributed by atoms with Gasteiger partial charge in [-0.25, -0.2) is 0 Å². The molecule has 1 saturated carbocycles. The number of benzene rings is 1. The first-order chi connectivity index (χ1) is 13.5. The van der Waals surface area contributed by atoms with E-state index >= 15 is 0 Å². The van der Waals surface area contributed by atoms with Gasteiger partial charge >= 0.3 is 0 Å². The quantitative estimate of drug-likeness (QED) is 0.685. The molecule has 3 aromatic rings. The topological polar surface area (TPSA) is 93.2 Å². The van der Waals surface area contributed by atoms with E-state index in [4.69, 9.17) is 4.52 Å². The van der Waals surface area contributed by atoms with E-state index < -0.39 is 0 Å². The van der Waals surface area contributed by atoms with Gasteiger partial charge in [0.25, 0.3) is 5.91 Å². The van der Waals surface area contributed by atoms with Gasteiger partial charge in [-0.3, -0.25) is 9.48 Å². The molecule has 28 heavy (non-hydrogen) atoms. The summed E-state index contributed by atoms with van der Waals surface area (Å²) in [6, 6.07) is 11.6. The number of carbonyl (C=O) groups is 1. The van der Waals surface area contributed by atoms with E-state index in [1.54, 1.807) is 16.9 Å². The predicted molar refractivity (Wildman–Crippen MR) is 104 cm³/mol. The molecule has 0 spiro atoms. The van der Waals surface area contributed by atoms with E-state index in [2.05, 4.69) is 15.6 Å². The lowest BCUT2D eigenvalue weighted by Crippen LogP contribution is -2.48. The number of hydrogen-bond donors (Lipinski definition) is 2. The van der Waals surface area contributed by atoms with Gasteiger partial charge in [0.1, 0.15) is 0 Å². The van der Waals surface area contributed by atoms with Crippen molar-refractivity contribution in [3.8, 4) is 11.3 Å². The fourth-order valence-electron chi connectivity index (χ4n) is 3.65. The monoisotopic (exact) mass is 380 g/mol. The summed E-state index contributed by atoms with van der Waals surface area (Å²) in [5, 5.41) is 20.9. The second-order valence-electron chi connectivity index (χ2n) is 7.50. The highest BCUT2D eigenvalue weighted by atomic mass is 16.5. The fourth-order valence-corrected chi connectivity index (χ4v) is 3.65. The van der Waals surface area contributed by atoms with Crippen molar-refractivity contribution in [2.24, 2.45) is 13.0 Å². The summed E-state index contributed by atoms with van der Waals surface area (Å²) in [7, 11) is 1.85. The van der Waals surface area contributed by atoms with E-state index in [1.807, 2.05) is 44.3 Å². The Bertz CT molecular complexity index is 957. The summed E-state index contributed by atoms with van der Waals surface area (Å²) in [4.78, 5) is 12.8. The van der Waals surface area contributed by atoms with Crippen LogP contribution in [-0.4, -0.2) is 38.1 Å². The number of aliphatic hydroxyl groups is 1. The Labute approximate surface area is 163 Å². The summed E-state index contributed by atoms with van der Waals surface area (Å²) in [5.41, 5.74) is 3.16. The molecule has 7 heteroatoms. The molecule has 1 atom stereocenters. The lowest BCUT2D eigenvalue weighted by molar-refractivity contribution is 0.0238. The second kappa shape index (κ2) is 7.59. The number of rotatable bonds is 6. The Balaban J connectivity index is 1.49. The number of aromatic nitrogens is 3. The SMILES string of the molecule is Cc1c(-c2cc(C(=O)N[C@@H](Cc3ccccc3)C3CC(O)C3)no2)cnn1C. The van der Waals surface area contributed by atoms with Crippen molar-refractivity contribution in [2.45, 2.75) is 38.3 Å². The Hall–Kier alpha value is -2.93. The van der Waals surface area contributed by atoms with Crippen LogP contribution in [0.1, 0.15) is 34.6 Å². The highest BCUT2D eigenvalue weighted by molar-refractivity contribution is 5.93. The minimum Gasteiger partial charge on any atom is -0.393 e. The van der Waals surface area contributed by atoms with E-state index in [0.717, 1.165) is 23.2 Å². The highest BCUT2D eigenvalue weighted by Gasteiger charge is 2.35. The Morgan fingerprint density at radius 1 is 1.36 bits per heavy atom. The molecule has 2 heterocycles. The summed E-state index contributed by atoms with van der Waals surface area (Å²) in [6.07, 6.45) is 3.56. The molecule has 1 amide bonds. The normalized spacial score (nSPS) is 19.8.